The van der Waals surface area contributed by atoms with E-state index >= 15 is 0 Å². The average Bonchev–Trinajstić information content (AvgIpc) is 3.28. The Hall–Kier alpha value is -1.97. The van der Waals surface area contributed by atoms with Crippen LogP contribution in [0.25, 0.3) is 11.2 Å². The largest absolute Gasteiger partial charge is 0.368 e. The first-order valence-corrected chi connectivity index (χ1v) is 11.3. The van der Waals surface area contributed by atoms with Gasteiger partial charge in [0.25, 0.3) is 0 Å². The highest BCUT2D eigenvalue weighted by Crippen LogP contribution is 2.46. The number of nitrogens with zero attached hydrogens (tertiary/aromatic N) is 4. The number of rotatable bonds is 7. The van der Waals surface area contributed by atoms with E-state index in [1.165, 1.54) is 17.3 Å². The maximum Gasteiger partial charge on any atom is 0.351 e. The van der Waals surface area contributed by atoms with Crippen molar-refractivity contribution in [2.45, 2.75) is 41.8 Å². The third kappa shape index (κ3) is 4.37. The van der Waals surface area contributed by atoms with Crippen molar-refractivity contribution in [2.75, 3.05) is 12.1 Å². The smallest absolute Gasteiger partial charge is 0.351 e. The van der Waals surface area contributed by atoms with Crippen LogP contribution in [0, 0.1) is 6.92 Å². The highest BCUT2D eigenvalue weighted by atomic mass is 32.2. The summed E-state index contributed by atoms with van der Waals surface area (Å²) in [5, 5.41) is 0.658. The fourth-order valence-corrected chi connectivity index (χ4v) is 4.18. The van der Waals surface area contributed by atoms with Gasteiger partial charge in [0.2, 0.25) is 5.95 Å². The quantitative estimate of drug-likeness (QED) is 0.388. The van der Waals surface area contributed by atoms with Crippen molar-refractivity contribution in [3.8, 4) is 0 Å². The van der Waals surface area contributed by atoms with Crippen molar-refractivity contribution in [1.82, 2.24) is 19.5 Å². The Morgan fingerprint density at radius 2 is 2.00 bits per heavy atom. The monoisotopic (exact) mass is 421 g/mol. The van der Waals surface area contributed by atoms with Crippen molar-refractivity contribution >= 4 is 36.5 Å². The van der Waals surface area contributed by atoms with Gasteiger partial charge >= 0.3 is 7.60 Å². The maximum atomic E-state index is 11.1. The van der Waals surface area contributed by atoms with Crippen LogP contribution < -0.4 is 5.73 Å². The number of aryl methyl sites for hydroxylation is 1. The topological polar surface area (TPSA) is 136 Å². The second kappa shape index (κ2) is 7.13. The van der Waals surface area contributed by atoms with E-state index in [2.05, 4.69) is 15.0 Å². The van der Waals surface area contributed by atoms with Crippen LogP contribution in [0.3, 0.4) is 0 Å². The number of hydrogen-bond donors (Lipinski definition) is 3. The first-order valence-electron chi connectivity index (χ1n) is 8.64. The lowest BCUT2D eigenvalue weighted by atomic mass is 10.2. The molecule has 9 nitrogen and oxygen atoms in total. The minimum Gasteiger partial charge on any atom is -0.368 e. The van der Waals surface area contributed by atoms with Crippen molar-refractivity contribution in [3.63, 3.8) is 0 Å². The zero-order chi connectivity index (χ0) is 19.9. The fourth-order valence-electron chi connectivity index (χ4n) is 2.86. The first kappa shape index (κ1) is 19.4. The Balaban J connectivity index is 1.60. The van der Waals surface area contributed by atoms with Gasteiger partial charge in [0.05, 0.1) is 18.5 Å². The van der Waals surface area contributed by atoms with Gasteiger partial charge in [-0.25, -0.2) is 9.97 Å². The summed E-state index contributed by atoms with van der Waals surface area (Å²) in [6.45, 7) is 2.42. The van der Waals surface area contributed by atoms with Crippen molar-refractivity contribution < 1.29 is 19.1 Å². The van der Waals surface area contributed by atoms with E-state index in [4.69, 9.17) is 20.3 Å². The molecule has 1 aliphatic carbocycles. The molecule has 1 saturated carbocycles. The van der Waals surface area contributed by atoms with E-state index in [0.29, 0.717) is 22.7 Å². The Morgan fingerprint density at radius 1 is 1.29 bits per heavy atom. The van der Waals surface area contributed by atoms with Gasteiger partial charge in [-0.05, 0) is 31.9 Å². The summed E-state index contributed by atoms with van der Waals surface area (Å²) < 4.78 is 18.4. The molecule has 0 saturated heterocycles. The molecular weight excluding hydrogens is 401 g/mol. The summed E-state index contributed by atoms with van der Waals surface area (Å²) in [4.78, 5) is 32.2. The molecule has 0 atom stereocenters. The van der Waals surface area contributed by atoms with Crippen LogP contribution in [0.5, 0.6) is 0 Å². The summed E-state index contributed by atoms with van der Waals surface area (Å²) in [7, 11) is -4.21. The minimum atomic E-state index is -4.21. The van der Waals surface area contributed by atoms with Gasteiger partial charge in [-0.3, -0.25) is 4.57 Å². The van der Waals surface area contributed by atoms with Gasteiger partial charge in [0, 0.05) is 4.90 Å². The molecule has 3 aromatic rings. The van der Waals surface area contributed by atoms with Gasteiger partial charge in [0.1, 0.15) is 16.9 Å². The molecule has 2 heterocycles. The predicted molar refractivity (Wildman–Crippen MR) is 105 cm³/mol. The van der Waals surface area contributed by atoms with Crippen LogP contribution in [-0.2, 0) is 15.8 Å². The molecular formula is C17H20N5O4PS. The van der Waals surface area contributed by atoms with Gasteiger partial charge in [0.15, 0.2) is 5.65 Å². The van der Waals surface area contributed by atoms with Gasteiger partial charge < -0.3 is 24.8 Å². The summed E-state index contributed by atoms with van der Waals surface area (Å²) in [5.74, 6) is 0.143. The van der Waals surface area contributed by atoms with E-state index in [0.717, 1.165) is 17.7 Å². The molecule has 0 amide bonds. The number of nitrogens with two attached hydrogens (primary N) is 1. The Bertz CT molecular complexity index is 1060. The van der Waals surface area contributed by atoms with Crippen molar-refractivity contribution in [1.29, 1.82) is 0 Å². The van der Waals surface area contributed by atoms with Crippen LogP contribution >= 0.6 is 19.4 Å². The zero-order valence-corrected chi connectivity index (χ0v) is 16.9. The average molecular weight is 421 g/mol. The van der Waals surface area contributed by atoms with Crippen LogP contribution in [0.1, 0.15) is 18.4 Å². The molecule has 0 bridgehead atoms. The van der Waals surface area contributed by atoms with E-state index in [-0.39, 0.29) is 5.95 Å². The number of nitrogen functional groups attached to an aromatic ring is 1. The van der Waals surface area contributed by atoms with Crippen molar-refractivity contribution in [3.05, 3.63) is 36.2 Å². The molecule has 1 aromatic carbocycles. The molecule has 1 aliphatic rings. The molecule has 28 heavy (non-hydrogen) atoms. The summed E-state index contributed by atoms with van der Waals surface area (Å²) >= 11 is 1.46. The second-order valence-electron chi connectivity index (χ2n) is 6.97. The standard InChI is InChI=1S/C17H20N5O4PS/c1-11-2-4-12(5-3-11)28-15-13-14(20-16(18)21-15)22(9-19-13)8-17(6-7-17)26-10-27(23,24)25/h2-5,9H,6-8,10H2,1H3,(H2,18,20,21)(H2,23,24,25). The minimum absolute atomic E-state index is 0.143. The molecule has 4 rings (SSSR count). The van der Waals surface area contributed by atoms with E-state index in [1.54, 1.807) is 10.9 Å². The third-order valence-corrected chi connectivity index (χ3v) is 5.94. The molecule has 2 aromatic heterocycles. The van der Waals surface area contributed by atoms with Gasteiger partial charge in [-0.2, -0.15) is 4.98 Å². The van der Waals surface area contributed by atoms with Crippen LogP contribution in [0.15, 0.2) is 40.5 Å². The van der Waals surface area contributed by atoms with Crippen molar-refractivity contribution in [2.24, 2.45) is 0 Å². The Morgan fingerprint density at radius 3 is 2.64 bits per heavy atom. The fraction of sp³-hybridized carbons (Fsp3) is 0.353. The van der Waals surface area contributed by atoms with Crippen LogP contribution in [-0.4, -0.2) is 41.3 Å². The normalized spacial score (nSPS) is 15.8. The summed E-state index contributed by atoms with van der Waals surface area (Å²) in [5.41, 5.74) is 7.70. The third-order valence-electron chi connectivity index (χ3n) is 4.49. The summed E-state index contributed by atoms with van der Waals surface area (Å²) in [6.07, 6.45) is 2.49. The first-order chi connectivity index (χ1) is 13.2. The lowest BCUT2D eigenvalue weighted by Gasteiger charge is -2.17. The molecule has 1 fully saturated rings. The number of imidazole rings is 1. The highest BCUT2D eigenvalue weighted by molar-refractivity contribution is 7.99. The Labute approximate surface area is 165 Å². The molecule has 0 radical (unpaired) electrons. The van der Waals surface area contributed by atoms with E-state index in [9.17, 15) is 4.57 Å². The number of fused-ring (bicyclic) bond motifs is 1. The van der Waals surface area contributed by atoms with E-state index < -0.39 is 19.5 Å². The molecule has 0 aliphatic heterocycles. The predicted octanol–water partition coefficient (Wildman–Crippen LogP) is 2.55. The van der Waals surface area contributed by atoms with Crippen LogP contribution in [0.4, 0.5) is 5.95 Å². The van der Waals surface area contributed by atoms with Gasteiger partial charge in [-0.1, -0.05) is 29.5 Å². The lowest BCUT2D eigenvalue weighted by Crippen LogP contribution is -2.22. The molecule has 0 unspecified atom stereocenters. The highest BCUT2D eigenvalue weighted by Gasteiger charge is 2.46. The SMILES string of the molecule is Cc1ccc(Sc2nc(N)nc3c2ncn3CC2(OCP(=O)(O)O)CC2)cc1. The molecule has 11 heteroatoms. The number of ether oxygens (including phenoxy) is 1. The maximum absolute atomic E-state index is 11.1. The lowest BCUT2D eigenvalue weighted by molar-refractivity contribution is 0.0417. The number of aromatic nitrogens is 4. The second-order valence-corrected chi connectivity index (χ2v) is 9.62. The number of hydrogen-bond acceptors (Lipinski definition) is 7. The zero-order valence-electron chi connectivity index (χ0n) is 15.1. The number of anilines is 1. The molecule has 148 valence electrons. The molecule has 0 spiro atoms. The summed E-state index contributed by atoms with van der Waals surface area (Å²) in [6, 6.07) is 8.07. The van der Waals surface area contributed by atoms with E-state index in [1.807, 2.05) is 31.2 Å². The van der Waals surface area contributed by atoms with Gasteiger partial charge in [-0.15, -0.1) is 0 Å². The number of benzene rings is 1. The molecule has 4 N–H and O–H groups in total. The van der Waals surface area contributed by atoms with Crippen LogP contribution in [0.2, 0.25) is 0 Å². The Kier molecular flexibility index (Phi) is 4.93.